The minimum absolute atomic E-state index is 0.0168. The Morgan fingerprint density at radius 3 is 2.67 bits per heavy atom. The van der Waals surface area contributed by atoms with Gasteiger partial charge in [0.25, 0.3) is 6.43 Å². The molecule has 146 valence electrons. The molecule has 27 heavy (non-hydrogen) atoms. The predicted octanol–water partition coefficient (Wildman–Crippen LogP) is 4.51. The number of fused-ring (bicyclic) bond motifs is 1. The fraction of sp³-hybridized carbons (Fsp3) is 0.368. The van der Waals surface area contributed by atoms with Crippen LogP contribution in [-0.2, 0) is 11.2 Å². The number of ketones is 1. The third-order valence-corrected chi connectivity index (χ3v) is 3.93. The van der Waals surface area contributed by atoms with Crippen LogP contribution in [0, 0.1) is 11.3 Å². The van der Waals surface area contributed by atoms with Crippen molar-refractivity contribution >= 4 is 27.4 Å². The summed E-state index contributed by atoms with van der Waals surface area (Å²) in [6.07, 6.45) is 0.981. The summed E-state index contributed by atoms with van der Waals surface area (Å²) in [5.41, 5.74) is 1.78. The van der Waals surface area contributed by atoms with Crippen molar-refractivity contribution in [2.45, 2.75) is 26.7 Å². The number of anilines is 1. The predicted molar refractivity (Wildman–Crippen MR) is 105 cm³/mol. The van der Waals surface area contributed by atoms with E-state index in [9.17, 15) is 13.6 Å². The van der Waals surface area contributed by atoms with E-state index in [0.717, 1.165) is 5.56 Å². The number of carbonyl (C=O) groups excluding carboxylic acids is 1. The number of rotatable bonds is 6. The number of ether oxygens (including phenoxy) is 1. The Balaban J connectivity index is 0.00000176. The van der Waals surface area contributed by atoms with Crippen LogP contribution in [0.4, 0.5) is 14.5 Å². The quantitative estimate of drug-likeness (QED) is 0.519. The van der Waals surface area contributed by atoms with E-state index in [2.05, 4.69) is 21.2 Å². The minimum Gasteiger partial charge on any atom is -0.486 e. The molecule has 0 saturated heterocycles. The highest BCUT2D eigenvalue weighted by atomic mass is 79.9. The molecule has 0 spiro atoms. The highest BCUT2D eigenvalue weighted by Gasteiger charge is 2.21. The number of benzene rings is 1. The Hall–Kier alpha value is -2.40. The van der Waals surface area contributed by atoms with Crippen LogP contribution in [0.25, 0.3) is 0 Å². The second kappa shape index (κ2) is 10.7. The maximum absolute atomic E-state index is 12.4. The van der Waals surface area contributed by atoms with E-state index < -0.39 is 18.8 Å². The number of halogens is 3. The zero-order valence-electron chi connectivity index (χ0n) is 15.6. The standard InChI is InChI=1S/C17H16BrF2N3O2.C2H6/c1-23(2)8-11(7-21)17(24)13-4-3-10-5-15(25-9-16(19)20)12(18)6-14(10)22-13;1-2/h4-6,8,16,22H,3,9H2,1-2H3;1-2H3/b11-8+;. The molecule has 1 aliphatic rings. The molecule has 2 rings (SSSR count). The third-order valence-electron chi connectivity index (χ3n) is 3.31. The molecule has 1 N–H and O–H groups in total. The van der Waals surface area contributed by atoms with E-state index in [-0.39, 0.29) is 5.57 Å². The van der Waals surface area contributed by atoms with Crippen molar-refractivity contribution in [1.29, 1.82) is 5.26 Å². The summed E-state index contributed by atoms with van der Waals surface area (Å²) in [7, 11) is 3.45. The molecule has 1 aromatic carbocycles. The van der Waals surface area contributed by atoms with Crippen LogP contribution >= 0.6 is 15.9 Å². The molecule has 0 aromatic heterocycles. The highest BCUT2D eigenvalue weighted by molar-refractivity contribution is 9.10. The second-order valence-electron chi connectivity index (χ2n) is 5.54. The van der Waals surface area contributed by atoms with E-state index in [0.29, 0.717) is 28.0 Å². The molecule has 8 heteroatoms. The first-order chi connectivity index (χ1) is 12.8. The van der Waals surface area contributed by atoms with Gasteiger partial charge in [-0.15, -0.1) is 0 Å². The summed E-state index contributed by atoms with van der Waals surface area (Å²) in [5.74, 6) is -0.0924. The molecule has 0 amide bonds. The third kappa shape index (κ3) is 6.36. The van der Waals surface area contributed by atoms with E-state index in [4.69, 9.17) is 10.00 Å². The fourth-order valence-electron chi connectivity index (χ4n) is 2.24. The second-order valence-corrected chi connectivity index (χ2v) is 6.39. The lowest BCUT2D eigenvalue weighted by molar-refractivity contribution is -0.111. The van der Waals surface area contributed by atoms with Gasteiger partial charge < -0.3 is 15.0 Å². The Morgan fingerprint density at radius 2 is 2.11 bits per heavy atom. The van der Waals surface area contributed by atoms with Crippen molar-refractivity contribution in [2.75, 3.05) is 26.0 Å². The van der Waals surface area contributed by atoms with Crippen molar-refractivity contribution in [1.82, 2.24) is 4.90 Å². The lowest BCUT2D eigenvalue weighted by Gasteiger charge is -2.20. The molecular weight excluding hydrogens is 420 g/mol. The maximum atomic E-state index is 12.4. The summed E-state index contributed by atoms with van der Waals surface area (Å²) in [6, 6.07) is 5.20. The van der Waals surface area contributed by atoms with E-state index in [1.54, 1.807) is 37.2 Å². The molecule has 5 nitrogen and oxygen atoms in total. The molecular formula is C19H22BrF2N3O2. The van der Waals surface area contributed by atoms with Gasteiger partial charge in [-0.25, -0.2) is 8.78 Å². The summed E-state index contributed by atoms with van der Waals surface area (Å²) in [6.45, 7) is 3.31. The van der Waals surface area contributed by atoms with Gasteiger partial charge in [0.05, 0.1) is 10.2 Å². The Labute approximate surface area is 166 Å². The smallest absolute Gasteiger partial charge is 0.272 e. The van der Waals surface area contributed by atoms with Gasteiger partial charge in [0.1, 0.15) is 24.0 Å². The Bertz CT molecular complexity index is 784. The number of nitriles is 1. The van der Waals surface area contributed by atoms with Crippen LogP contribution in [0.15, 0.2) is 40.2 Å². The molecule has 0 saturated carbocycles. The number of allylic oxidation sites excluding steroid dienone is 2. The van der Waals surface area contributed by atoms with Crippen molar-refractivity contribution in [3.8, 4) is 11.8 Å². The molecule has 0 unspecified atom stereocenters. The van der Waals surface area contributed by atoms with Gasteiger partial charge in [0.2, 0.25) is 5.78 Å². The lowest BCUT2D eigenvalue weighted by Crippen LogP contribution is -2.19. The first kappa shape index (κ1) is 22.6. The van der Waals surface area contributed by atoms with Crippen molar-refractivity contribution in [3.05, 3.63) is 45.7 Å². The Morgan fingerprint density at radius 1 is 1.44 bits per heavy atom. The number of carbonyl (C=O) groups is 1. The zero-order chi connectivity index (χ0) is 20.6. The summed E-state index contributed by atoms with van der Waals surface area (Å²) < 4.78 is 30.2. The van der Waals surface area contributed by atoms with Crippen LogP contribution in [0.3, 0.4) is 0 Å². The number of Topliss-reactive ketones (excluding diaryl/α,β-unsaturated/α-hetero) is 1. The van der Waals surface area contributed by atoms with E-state index in [1.165, 1.54) is 6.20 Å². The normalized spacial score (nSPS) is 12.7. The minimum atomic E-state index is -2.56. The van der Waals surface area contributed by atoms with Crippen LogP contribution in [0.1, 0.15) is 19.4 Å². The topological polar surface area (TPSA) is 65.4 Å². The monoisotopic (exact) mass is 441 g/mol. The van der Waals surface area contributed by atoms with Crippen molar-refractivity contribution in [3.63, 3.8) is 0 Å². The van der Waals surface area contributed by atoms with Crippen LogP contribution in [-0.4, -0.2) is 37.8 Å². The average Bonchev–Trinajstić information content (AvgIpc) is 2.64. The summed E-state index contributed by atoms with van der Waals surface area (Å²) >= 11 is 3.27. The number of hydrogen-bond acceptors (Lipinski definition) is 5. The van der Waals surface area contributed by atoms with Crippen LogP contribution in [0.5, 0.6) is 5.75 Å². The molecule has 1 aromatic rings. The summed E-state index contributed by atoms with van der Waals surface area (Å²) in [4.78, 5) is 14.1. The van der Waals surface area contributed by atoms with E-state index >= 15 is 0 Å². The number of nitrogens with one attached hydrogen (secondary N) is 1. The Kier molecular flexibility index (Phi) is 8.95. The largest absolute Gasteiger partial charge is 0.486 e. The molecule has 1 aliphatic heterocycles. The van der Waals surface area contributed by atoms with Crippen LogP contribution in [0.2, 0.25) is 0 Å². The van der Waals surface area contributed by atoms with Crippen LogP contribution < -0.4 is 10.1 Å². The zero-order valence-corrected chi connectivity index (χ0v) is 17.2. The first-order valence-electron chi connectivity index (χ1n) is 8.35. The van der Waals surface area contributed by atoms with Gasteiger partial charge in [0.15, 0.2) is 0 Å². The van der Waals surface area contributed by atoms with Crippen molar-refractivity contribution < 1.29 is 18.3 Å². The maximum Gasteiger partial charge on any atom is 0.272 e. The highest BCUT2D eigenvalue weighted by Crippen LogP contribution is 2.35. The SMILES string of the molecule is CC.CN(C)/C=C(\C#N)C(=O)C1=CCc2cc(OCC(F)F)c(Br)cc2N1. The lowest BCUT2D eigenvalue weighted by atomic mass is 10.0. The van der Waals surface area contributed by atoms with Gasteiger partial charge in [0, 0.05) is 26.0 Å². The number of alkyl halides is 2. The first-order valence-corrected chi connectivity index (χ1v) is 9.14. The molecule has 1 heterocycles. The molecule has 0 atom stereocenters. The summed E-state index contributed by atoms with van der Waals surface area (Å²) in [5, 5.41) is 12.1. The fourth-order valence-corrected chi connectivity index (χ4v) is 2.70. The van der Waals surface area contributed by atoms with Gasteiger partial charge in [-0.2, -0.15) is 5.26 Å². The molecule has 0 radical (unpaired) electrons. The van der Waals surface area contributed by atoms with Gasteiger partial charge in [-0.3, -0.25) is 4.79 Å². The molecule has 0 bridgehead atoms. The van der Waals surface area contributed by atoms with Gasteiger partial charge in [-0.05, 0) is 40.0 Å². The van der Waals surface area contributed by atoms with Gasteiger partial charge >= 0.3 is 0 Å². The number of nitrogens with zero attached hydrogens (tertiary/aromatic N) is 2. The molecule has 0 fully saturated rings. The average molecular weight is 442 g/mol. The van der Waals surface area contributed by atoms with Crippen molar-refractivity contribution in [2.24, 2.45) is 0 Å². The van der Waals surface area contributed by atoms with E-state index in [1.807, 2.05) is 19.9 Å². The number of hydrogen-bond donors (Lipinski definition) is 1. The van der Waals surface area contributed by atoms with Gasteiger partial charge in [-0.1, -0.05) is 19.9 Å². The molecule has 0 aliphatic carbocycles.